The second-order valence-electron chi connectivity index (χ2n) is 2.72. The van der Waals surface area contributed by atoms with Gasteiger partial charge in [-0.3, -0.25) is 9.59 Å². The summed E-state index contributed by atoms with van der Waals surface area (Å²) in [4.78, 5) is 26.2. The van der Waals surface area contributed by atoms with Gasteiger partial charge < -0.3 is 4.84 Å². The van der Waals surface area contributed by atoms with Gasteiger partial charge in [-0.15, -0.1) is 0 Å². The van der Waals surface area contributed by atoms with E-state index in [0.29, 0.717) is 17.4 Å². The van der Waals surface area contributed by atoms with Gasteiger partial charge in [-0.25, -0.2) is 0 Å². The quantitative estimate of drug-likeness (QED) is 0.649. The van der Waals surface area contributed by atoms with Gasteiger partial charge in [0.2, 0.25) is 0 Å². The molecule has 1 aromatic heterocycles. The summed E-state index contributed by atoms with van der Waals surface area (Å²) in [7, 11) is 0. The maximum Gasteiger partial charge on any atom is 0.321 e. The van der Waals surface area contributed by atoms with E-state index in [0.717, 1.165) is 0 Å². The number of carbonyl (C=O) groups excluding carboxylic acids is 1. The van der Waals surface area contributed by atoms with Gasteiger partial charge >= 0.3 is 6.47 Å². The summed E-state index contributed by atoms with van der Waals surface area (Å²) in [5.41, 5.74) is 0.485. The van der Waals surface area contributed by atoms with Gasteiger partial charge in [0.1, 0.15) is 0 Å². The first kappa shape index (κ1) is 8.50. The number of pyridine rings is 1. The summed E-state index contributed by atoms with van der Waals surface area (Å²) in [6.07, 6.45) is 1.42. The summed E-state index contributed by atoms with van der Waals surface area (Å²) in [6.45, 7) is 0.316. The number of para-hydroxylation sites is 1. The maximum absolute atomic E-state index is 11.4. The zero-order valence-electron chi connectivity index (χ0n) is 7.21. The van der Waals surface area contributed by atoms with Crippen molar-refractivity contribution < 1.29 is 9.63 Å². The lowest BCUT2D eigenvalue weighted by atomic mass is 10.2. The van der Waals surface area contributed by atoms with E-state index in [9.17, 15) is 9.59 Å². The van der Waals surface area contributed by atoms with Crippen LogP contribution in [0.15, 0.2) is 41.3 Å². The van der Waals surface area contributed by atoms with Crippen molar-refractivity contribution in [2.75, 3.05) is 0 Å². The number of fused-ring (bicyclic) bond motifs is 1. The minimum Gasteiger partial charge on any atom is -0.340 e. The van der Waals surface area contributed by atoms with Crippen LogP contribution in [0.3, 0.4) is 0 Å². The molecule has 1 heterocycles. The standard InChI is InChI=1S/C10H7NO3/c12-7-14-11-6-5-10(13)8-3-1-2-4-9(8)11/h1-7H. The van der Waals surface area contributed by atoms with Crippen LogP contribution < -0.4 is 10.3 Å². The highest BCUT2D eigenvalue weighted by Gasteiger charge is 2.00. The lowest BCUT2D eigenvalue weighted by Gasteiger charge is -2.05. The Labute approximate surface area is 79.3 Å². The SMILES string of the molecule is O=COn1ccc(=O)c2ccccc21. The first-order valence-corrected chi connectivity index (χ1v) is 4.04. The third kappa shape index (κ3) is 1.26. The molecular formula is C10H7NO3. The molecule has 70 valence electrons. The molecule has 4 heteroatoms. The minimum atomic E-state index is -0.0913. The summed E-state index contributed by atoms with van der Waals surface area (Å²) in [5, 5.41) is 0.525. The van der Waals surface area contributed by atoms with Crippen LogP contribution in [0.2, 0.25) is 0 Å². The summed E-state index contributed by atoms with van der Waals surface area (Å²) >= 11 is 0. The smallest absolute Gasteiger partial charge is 0.321 e. The molecule has 0 fully saturated rings. The lowest BCUT2D eigenvalue weighted by molar-refractivity contribution is -0.128. The summed E-state index contributed by atoms with van der Waals surface area (Å²) in [5.74, 6) is 0. The Morgan fingerprint density at radius 2 is 2.00 bits per heavy atom. The van der Waals surface area contributed by atoms with Gasteiger partial charge in [0, 0.05) is 17.6 Å². The Kier molecular flexibility index (Phi) is 2.02. The third-order valence-corrected chi connectivity index (χ3v) is 1.92. The van der Waals surface area contributed by atoms with Gasteiger partial charge in [0.25, 0.3) is 0 Å². The highest BCUT2D eigenvalue weighted by atomic mass is 16.7. The normalized spacial score (nSPS) is 10.0. The predicted octanol–water partition coefficient (Wildman–Crippen LogP) is 0.586. The highest BCUT2D eigenvalue weighted by Crippen LogP contribution is 2.07. The van der Waals surface area contributed by atoms with Crippen LogP contribution in [0.1, 0.15) is 0 Å². The van der Waals surface area contributed by atoms with Crippen LogP contribution in [-0.2, 0) is 4.79 Å². The average molecular weight is 189 g/mol. The number of rotatable bonds is 2. The van der Waals surface area contributed by atoms with E-state index in [4.69, 9.17) is 0 Å². The average Bonchev–Trinajstić information content (AvgIpc) is 2.23. The van der Waals surface area contributed by atoms with Crippen LogP contribution in [0.25, 0.3) is 10.9 Å². The molecule has 2 rings (SSSR count). The Hall–Kier alpha value is -2.10. The largest absolute Gasteiger partial charge is 0.340 e. The van der Waals surface area contributed by atoms with Crippen molar-refractivity contribution in [1.82, 2.24) is 4.73 Å². The second kappa shape index (κ2) is 3.33. The molecule has 4 nitrogen and oxygen atoms in total. The van der Waals surface area contributed by atoms with Crippen LogP contribution in [0.4, 0.5) is 0 Å². The van der Waals surface area contributed by atoms with E-state index in [1.54, 1.807) is 24.3 Å². The van der Waals surface area contributed by atoms with Gasteiger partial charge in [0.15, 0.2) is 5.43 Å². The molecule has 0 unspecified atom stereocenters. The summed E-state index contributed by atoms with van der Waals surface area (Å²) in [6, 6.07) is 8.27. The third-order valence-electron chi connectivity index (χ3n) is 1.92. The fourth-order valence-corrected chi connectivity index (χ4v) is 1.32. The minimum absolute atomic E-state index is 0.0913. The fraction of sp³-hybridized carbons (Fsp3) is 0. The van der Waals surface area contributed by atoms with Crippen molar-refractivity contribution in [2.24, 2.45) is 0 Å². The van der Waals surface area contributed by atoms with Gasteiger partial charge in [-0.1, -0.05) is 12.1 Å². The van der Waals surface area contributed by atoms with E-state index in [1.807, 2.05) is 0 Å². The van der Waals surface area contributed by atoms with Crippen molar-refractivity contribution in [3.8, 4) is 0 Å². The molecule has 14 heavy (non-hydrogen) atoms. The molecule has 2 aromatic rings. The first-order chi connectivity index (χ1) is 6.83. The maximum atomic E-state index is 11.4. The number of aromatic nitrogens is 1. The lowest BCUT2D eigenvalue weighted by Crippen LogP contribution is -2.14. The number of hydrogen-bond acceptors (Lipinski definition) is 3. The molecule has 0 atom stereocenters. The topological polar surface area (TPSA) is 48.3 Å². The Bertz CT molecular complexity index is 530. The molecule has 0 aliphatic rings. The number of carbonyl (C=O) groups is 1. The van der Waals surface area contributed by atoms with Crippen molar-refractivity contribution in [1.29, 1.82) is 0 Å². The van der Waals surface area contributed by atoms with E-state index < -0.39 is 0 Å². The molecular weight excluding hydrogens is 182 g/mol. The van der Waals surface area contributed by atoms with Gasteiger partial charge in [-0.2, -0.15) is 4.73 Å². The Balaban J connectivity index is 2.81. The van der Waals surface area contributed by atoms with Crippen molar-refractivity contribution in [2.45, 2.75) is 0 Å². The number of nitrogens with zero attached hydrogens (tertiary/aromatic N) is 1. The zero-order chi connectivity index (χ0) is 9.97. The monoisotopic (exact) mass is 189 g/mol. The number of benzene rings is 1. The van der Waals surface area contributed by atoms with Crippen molar-refractivity contribution in [3.05, 3.63) is 46.8 Å². The zero-order valence-corrected chi connectivity index (χ0v) is 7.21. The van der Waals surface area contributed by atoms with Crippen LogP contribution >= 0.6 is 0 Å². The molecule has 1 aromatic carbocycles. The molecule has 0 N–H and O–H groups in total. The van der Waals surface area contributed by atoms with E-state index in [2.05, 4.69) is 4.84 Å². The van der Waals surface area contributed by atoms with Gasteiger partial charge in [0.05, 0.1) is 5.52 Å². The highest BCUT2D eigenvalue weighted by molar-refractivity contribution is 5.78. The molecule has 0 bridgehead atoms. The van der Waals surface area contributed by atoms with Crippen LogP contribution in [0.5, 0.6) is 0 Å². The predicted molar refractivity (Wildman–Crippen MR) is 50.9 cm³/mol. The molecule has 0 saturated heterocycles. The Morgan fingerprint density at radius 3 is 2.79 bits per heavy atom. The van der Waals surface area contributed by atoms with E-state index in [-0.39, 0.29) is 5.43 Å². The summed E-state index contributed by atoms with van der Waals surface area (Å²) < 4.78 is 1.25. The van der Waals surface area contributed by atoms with Crippen molar-refractivity contribution >= 4 is 17.4 Å². The second-order valence-corrected chi connectivity index (χ2v) is 2.72. The van der Waals surface area contributed by atoms with Crippen LogP contribution in [0, 0.1) is 0 Å². The fourth-order valence-electron chi connectivity index (χ4n) is 1.32. The molecule has 0 aliphatic heterocycles. The van der Waals surface area contributed by atoms with E-state index >= 15 is 0 Å². The van der Waals surface area contributed by atoms with Crippen molar-refractivity contribution in [3.63, 3.8) is 0 Å². The first-order valence-electron chi connectivity index (χ1n) is 4.04. The molecule has 0 aliphatic carbocycles. The molecule has 0 saturated carbocycles. The Morgan fingerprint density at radius 1 is 1.21 bits per heavy atom. The van der Waals surface area contributed by atoms with Crippen LogP contribution in [-0.4, -0.2) is 11.2 Å². The van der Waals surface area contributed by atoms with E-state index in [1.165, 1.54) is 17.0 Å². The molecule has 0 spiro atoms. The molecule has 0 amide bonds. The number of hydrogen-bond donors (Lipinski definition) is 0. The molecule has 0 radical (unpaired) electrons. The van der Waals surface area contributed by atoms with Gasteiger partial charge in [-0.05, 0) is 12.1 Å².